The van der Waals surface area contributed by atoms with Crippen molar-refractivity contribution in [3.05, 3.63) is 53.6 Å². The Morgan fingerprint density at radius 1 is 1.07 bits per heavy atom. The first-order chi connectivity index (χ1) is 12.9. The molecular formula is C19H20F2N2O4. The number of carbonyl (C=O) groups is 2. The van der Waals surface area contributed by atoms with E-state index < -0.39 is 17.5 Å². The van der Waals surface area contributed by atoms with Gasteiger partial charge >= 0.3 is 0 Å². The lowest BCUT2D eigenvalue weighted by Crippen LogP contribution is -2.28. The molecule has 0 atom stereocenters. The van der Waals surface area contributed by atoms with E-state index in [1.807, 2.05) is 6.92 Å². The van der Waals surface area contributed by atoms with Crippen LogP contribution in [-0.2, 0) is 4.79 Å². The highest BCUT2D eigenvalue weighted by Crippen LogP contribution is 2.30. The van der Waals surface area contributed by atoms with Gasteiger partial charge in [0.1, 0.15) is 11.6 Å². The van der Waals surface area contributed by atoms with E-state index in [0.29, 0.717) is 29.9 Å². The van der Waals surface area contributed by atoms with Gasteiger partial charge in [-0.2, -0.15) is 0 Å². The van der Waals surface area contributed by atoms with Crippen LogP contribution in [0.15, 0.2) is 36.4 Å². The van der Waals surface area contributed by atoms with E-state index in [1.165, 1.54) is 7.11 Å². The maximum absolute atomic E-state index is 13.5. The van der Waals surface area contributed by atoms with Gasteiger partial charge in [0.15, 0.2) is 11.5 Å². The lowest BCUT2D eigenvalue weighted by molar-refractivity contribution is -0.116. The largest absolute Gasteiger partial charge is 0.493 e. The Morgan fingerprint density at radius 2 is 1.85 bits per heavy atom. The first-order valence-electron chi connectivity index (χ1n) is 8.28. The van der Waals surface area contributed by atoms with Crippen LogP contribution < -0.4 is 20.1 Å². The molecule has 0 saturated carbocycles. The molecule has 8 heteroatoms. The van der Waals surface area contributed by atoms with Crippen molar-refractivity contribution in [2.45, 2.75) is 13.3 Å². The lowest BCUT2D eigenvalue weighted by atomic mass is 10.2. The molecule has 27 heavy (non-hydrogen) atoms. The highest BCUT2D eigenvalue weighted by molar-refractivity contribution is 5.95. The van der Waals surface area contributed by atoms with Gasteiger partial charge in [-0.05, 0) is 31.2 Å². The topological polar surface area (TPSA) is 76.7 Å². The number of amides is 2. The van der Waals surface area contributed by atoms with Crippen molar-refractivity contribution in [1.29, 1.82) is 0 Å². The molecule has 2 rings (SSSR count). The van der Waals surface area contributed by atoms with Crippen LogP contribution in [0.2, 0.25) is 0 Å². The Bertz CT molecular complexity index is 827. The molecule has 0 radical (unpaired) electrons. The average Bonchev–Trinajstić information content (AvgIpc) is 2.63. The highest BCUT2D eigenvalue weighted by atomic mass is 19.1. The Balaban J connectivity index is 1.86. The van der Waals surface area contributed by atoms with Gasteiger partial charge in [0.2, 0.25) is 5.91 Å². The van der Waals surface area contributed by atoms with Crippen LogP contribution in [0.4, 0.5) is 14.5 Å². The second-order valence-corrected chi connectivity index (χ2v) is 5.48. The third-order valence-electron chi connectivity index (χ3n) is 3.56. The standard InChI is InChI=1S/C19H20F2N2O4/c1-3-27-16-7-5-13(11-17(16)26-2)23-18(24)8-9-22-19(25)14-6-4-12(20)10-15(14)21/h4-7,10-11H,3,8-9H2,1-2H3,(H,22,25)(H,23,24). The molecule has 0 bridgehead atoms. The molecule has 0 saturated heterocycles. The van der Waals surface area contributed by atoms with Crippen molar-refractivity contribution in [3.8, 4) is 11.5 Å². The van der Waals surface area contributed by atoms with Crippen molar-refractivity contribution in [3.63, 3.8) is 0 Å². The van der Waals surface area contributed by atoms with Gasteiger partial charge in [-0.15, -0.1) is 0 Å². The van der Waals surface area contributed by atoms with Gasteiger partial charge in [-0.3, -0.25) is 9.59 Å². The fourth-order valence-corrected chi connectivity index (χ4v) is 2.30. The van der Waals surface area contributed by atoms with E-state index in [0.717, 1.165) is 12.1 Å². The number of methoxy groups -OCH3 is 1. The van der Waals surface area contributed by atoms with Crippen LogP contribution in [0.3, 0.4) is 0 Å². The van der Waals surface area contributed by atoms with Crippen LogP contribution in [0.1, 0.15) is 23.7 Å². The first-order valence-corrected chi connectivity index (χ1v) is 8.28. The molecule has 0 fully saturated rings. The van der Waals surface area contributed by atoms with Crippen molar-refractivity contribution >= 4 is 17.5 Å². The molecule has 0 aliphatic carbocycles. The molecule has 0 aliphatic rings. The zero-order valence-electron chi connectivity index (χ0n) is 15.0. The van der Waals surface area contributed by atoms with E-state index in [2.05, 4.69) is 10.6 Å². The first kappa shape index (κ1) is 20.2. The number of rotatable bonds is 8. The summed E-state index contributed by atoms with van der Waals surface area (Å²) in [4.78, 5) is 23.9. The molecule has 144 valence electrons. The molecule has 2 aromatic rings. The summed E-state index contributed by atoms with van der Waals surface area (Å²) < 4.78 is 37.0. The maximum Gasteiger partial charge on any atom is 0.254 e. The average molecular weight is 378 g/mol. The van der Waals surface area contributed by atoms with Crippen molar-refractivity contribution in [2.24, 2.45) is 0 Å². The minimum atomic E-state index is -0.960. The quantitative estimate of drug-likeness (QED) is 0.740. The van der Waals surface area contributed by atoms with Crippen LogP contribution in [0, 0.1) is 11.6 Å². The fraction of sp³-hybridized carbons (Fsp3) is 0.263. The van der Waals surface area contributed by atoms with Crippen molar-refractivity contribution < 1.29 is 27.8 Å². The Hall–Kier alpha value is -3.16. The van der Waals surface area contributed by atoms with E-state index in [4.69, 9.17) is 9.47 Å². The van der Waals surface area contributed by atoms with Gasteiger partial charge in [0.25, 0.3) is 5.91 Å². The highest BCUT2D eigenvalue weighted by Gasteiger charge is 2.13. The molecule has 6 nitrogen and oxygen atoms in total. The Morgan fingerprint density at radius 3 is 2.52 bits per heavy atom. The number of anilines is 1. The summed E-state index contributed by atoms with van der Waals surface area (Å²) in [6.45, 7) is 2.33. The summed E-state index contributed by atoms with van der Waals surface area (Å²) in [5.74, 6) is -1.75. The smallest absolute Gasteiger partial charge is 0.254 e. The van der Waals surface area contributed by atoms with Gasteiger partial charge in [-0.25, -0.2) is 8.78 Å². The molecule has 0 unspecified atom stereocenters. The van der Waals surface area contributed by atoms with Crippen LogP contribution in [-0.4, -0.2) is 32.1 Å². The van der Waals surface area contributed by atoms with E-state index >= 15 is 0 Å². The van der Waals surface area contributed by atoms with E-state index in [-0.39, 0.29) is 24.4 Å². The number of hydrogen-bond donors (Lipinski definition) is 2. The minimum Gasteiger partial charge on any atom is -0.493 e. The predicted molar refractivity (Wildman–Crippen MR) is 96.1 cm³/mol. The molecule has 0 spiro atoms. The third-order valence-corrected chi connectivity index (χ3v) is 3.56. The summed E-state index contributed by atoms with van der Waals surface area (Å²) >= 11 is 0. The summed E-state index contributed by atoms with van der Waals surface area (Å²) in [6.07, 6.45) is -0.0237. The molecule has 2 aromatic carbocycles. The second kappa shape index (κ2) is 9.51. The number of nitrogens with one attached hydrogen (secondary N) is 2. The fourth-order valence-electron chi connectivity index (χ4n) is 2.30. The maximum atomic E-state index is 13.5. The molecule has 0 heterocycles. The molecule has 2 N–H and O–H groups in total. The Kier molecular flexibility index (Phi) is 7.10. The van der Waals surface area contributed by atoms with Gasteiger partial charge in [-0.1, -0.05) is 0 Å². The minimum absolute atomic E-state index is 0.00432. The molecule has 2 amide bonds. The number of halogens is 2. The number of hydrogen-bond acceptors (Lipinski definition) is 4. The molecule has 0 aliphatic heterocycles. The summed E-state index contributed by atoms with van der Waals surface area (Å²) in [5.41, 5.74) is 0.226. The second-order valence-electron chi connectivity index (χ2n) is 5.48. The van der Waals surface area contributed by atoms with Crippen molar-refractivity contribution in [2.75, 3.05) is 25.6 Å². The predicted octanol–water partition coefficient (Wildman–Crippen LogP) is 3.13. The van der Waals surface area contributed by atoms with Gasteiger partial charge < -0.3 is 20.1 Å². The lowest BCUT2D eigenvalue weighted by Gasteiger charge is -2.12. The third kappa shape index (κ3) is 5.67. The van der Waals surface area contributed by atoms with Crippen molar-refractivity contribution in [1.82, 2.24) is 5.32 Å². The number of benzene rings is 2. The number of ether oxygens (including phenoxy) is 2. The summed E-state index contributed by atoms with van der Waals surface area (Å²) in [7, 11) is 1.49. The molecular weight excluding hydrogens is 358 g/mol. The normalized spacial score (nSPS) is 10.2. The summed E-state index contributed by atoms with van der Waals surface area (Å²) in [6, 6.07) is 7.63. The monoisotopic (exact) mass is 378 g/mol. The SMILES string of the molecule is CCOc1ccc(NC(=O)CCNC(=O)c2ccc(F)cc2F)cc1OC. The zero-order chi connectivity index (χ0) is 19.8. The Labute approximate surface area is 155 Å². The number of carbonyl (C=O) groups excluding carboxylic acids is 2. The summed E-state index contributed by atoms with van der Waals surface area (Å²) in [5, 5.41) is 5.09. The molecule has 0 aromatic heterocycles. The van der Waals surface area contributed by atoms with E-state index in [9.17, 15) is 18.4 Å². The van der Waals surface area contributed by atoms with Gasteiger partial charge in [0.05, 0.1) is 19.3 Å². The van der Waals surface area contributed by atoms with Gasteiger partial charge in [0, 0.05) is 30.8 Å². The van der Waals surface area contributed by atoms with Crippen LogP contribution in [0.25, 0.3) is 0 Å². The van der Waals surface area contributed by atoms with Crippen LogP contribution >= 0.6 is 0 Å². The van der Waals surface area contributed by atoms with Crippen LogP contribution in [0.5, 0.6) is 11.5 Å². The van der Waals surface area contributed by atoms with E-state index in [1.54, 1.807) is 18.2 Å². The zero-order valence-corrected chi connectivity index (χ0v) is 15.0.